The average Bonchev–Trinajstić information content (AvgIpc) is 3.35. The van der Waals surface area contributed by atoms with Crippen LogP contribution < -0.4 is 0 Å². The maximum absolute atomic E-state index is 12.9. The van der Waals surface area contributed by atoms with Crippen LogP contribution in [-0.4, -0.2) is 37.2 Å². The van der Waals surface area contributed by atoms with Crippen molar-refractivity contribution < 1.29 is 28.6 Å². The molecule has 0 aromatic carbocycles. The summed E-state index contributed by atoms with van der Waals surface area (Å²) in [5.74, 6) is -0.881. The van der Waals surface area contributed by atoms with Crippen molar-refractivity contribution in [2.24, 2.45) is 0 Å². The standard InChI is InChI=1S/C63H112O6/c1-4-7-10-13-16-19-22-24-26-28-30-31-33-34-36-38-41-44-47-50-53-56-62(65)68-59-60(58-67-61(64)55-52-49-46-43-40-21-18-15-12-9-6-3)69-63(66)57-54-51-48-45-42-39-37-35-32-29-27-25-23-20-17-14-11-8-5-2/h7,10,16,19,24,26,30-31,34,36,60H,4-6,8-9,11-15,17-18,20-23,25,27-29,32-33,35,37-59H2,1-3H3/b10-7-,19-16-,26-24-,31-30-,36-34-. The van der Waals surface area contributed by atoms with Crippen LogP contribution in [0.3, 0.4) is 0 Å². The molecule has 0 amide bonds. The maximum atomic E-state index is 12.9. The van der Waals surface area contributed by atoms with Gasteiger partial charge in [0.15, 0.2) is 6.10 Å². The molecule has 0 fully saturated rings. The highest BCUT2D eigenvalue weighted by Gasteiger charge is 2.19. The van der Waals surface area contributed by atoms with Crippen LogP contribution in [0.25, 0.3) is 0 Å². The Hall–Kier alpha value is -2.89. The Morgan fingerprint density at radius 1 is 0.304 bits per heavy atom. The molecular formula is C63H112O6. The van der Waals surface area contributed by atoms with Crippen molar-refractivity contribution in [1.82, 2.24) is 0 Å². The zero-order valence-corrected chi connectivity index (χ0v) is 45.8. The Morgan fingerprint density at radius 3 is 0.884 bits per heavy atom. The molecule has 0 aromatic heterocycles. The number of unbranched alkanes of at least 4 members (excludes halogenated alkanes) is 33. The Bertz CT molecular complexity index is 1250. The van der Waals surface area contributed by atoms with Crippen LogP contribution in [0, 0.1) is 0 Å². The van der Waals surface area contributed by atoms with E-state index >= 15 is 0 Å². The van der Waals surface area contributed by atoms with Gasteiger partial charge in [0, 0.05) is 19.3 Å². The number of esters is 3. The molecule has 6 heteroatoms. The largest absolute Gasteiger partial charge is 0.462 e. The zero-order chi connectivity index (χ0) is 50.0. The van der Waals surface area contributed by atoms with E-state index in [9.17, 15) is 14.4 Å². The van der Waals surface area contributed by atoms with Gasteiger partial charge in [0.05, 0.1) is 0 Å². The Kier molecular flexibility index (Phi) is 55.3. The lowest BCUT2D eigenvalue weighted by Crippen LogP contribution is -2.30. The molecule has 0 aliphatic carbocycles. The van der Waals surface area contributed by atoms with Gasteiger partial charge in [-0.05, 0) is 64.2 Å². The Morgan fingerprint density at radius 2 is 0.565 bits per heavy atom. The summed E-state index contributed by atoms with van der Waals surface area (Å²) < 4.78 is 16.9. The molecule has 0 radical (unpaired) electrons. The van der Waals surface area contributed by atoms with Crippen molar-refractivity contribution in [2.75, 3.05) is 13.2 Å². The zero-order valence-electron chi connectivity index (χ0n) is 45.8. The van der Waals surface area contributed by atoms with E-state index in [-0.39, 0.29) is 31.1 Å². The summed E-state index contributed by atoms with van der Waals surface area (Å²) in [5, 5.41) is 0. The summed E-state index contributed by atoms with van der Waals surface area (Å²) in [4.78, 5) is 38.2. The van der Waals surface area contributed by atoms with Crippen molar-refractivity contribution in [3.8, 4) is 0 Å². The molecule has 0 spiro atoms. The SMILES string of the molecule is CC/C=C\C/C=C\C/C=C\C/C=C\C/C=C\CCCCCCCC(=O)OCC(COC(=O)CCCCCCCCCCCCC)OC(=O)CCCCCCCCCCCCCCCCCCCCC. The summed E-state index contributed by atoms with van der Waals surface area (Å²) in [6.07, 6.45) is 72.1. The Balaban J connectivity index is 4.33. The van der Waals surface area contributed by atoms with Crippen LogP contribution in [-0.2, 0) is 28.6 Å². The van der Waals surface area contributed by atoms with E-state index in [1.165, 1.54) is 154 Å². The summed E-state index contributed by atoms with van der Waals surface area (Å²) in [5.41, 5.74) is 0. The molecule has 0 bridgehead atoms. The van der Waals surface area contributed by atoms with E-state index in [1.54, 1.807) is 0 Å². The summed E-state index contributed by atoms with van der Waals surface area (Å²) in [6, 6.07) is 0. The van der Waals surface area contributed by atoms with Crippen LogP contribution in [0.4, 0.5) is 0 Å². The molecule has 0 aliphatic heterocycles. The van der Waals surface area contributed by atoms with Crippen LogP contribution >= 0.6 is 0 Å². The van der Waals surface area contributed by atoms with Gasteiger partial charge in [-0.15, -0.1) is 0 Å². The molecule has 1 unspecified atom stereocenters. The molecule has 0 aromatic rings. The first-order chi connectivity index (χ1) is 34.0. The minimum atomic E-state index is -0.779. The number of hydrogen-bond donors (Lipinski definition) is 0. The molecule has 0 aliphatic rings. The Labute approximate surface area is 428 Å². The fraction of sp³-hybridized carbons (Fsp3) is 0.794. The predicted molar refractivity (Wildman–Crippen MR) is 298 cm³/mol. The van der Waals surface area contributed by atoms with Crippen molar-refractivity contribution in [2.45, 2.75) is 309 Å². The second-order valence-electron chi connectivity index (χ2n) is 19.9. The molecular weight excluding hydrogens is 853 g/mol. The van der Waals surface area contributed by atoms with E-state index in [0.717, 1.165) is 109 Å². The first-order valence-corrected chi connectivity index (χ1v) is 29.8. The summed E-state index contributed by atoms with van der Waals surface area (Å²) >= 11 is 0. The number of carbonyl (C=O) groups excluding carboxylic acids is 3. The number of hydrogen-bond acceptors (Lipinski definition) is 6. The third-order valence-corrected chi connectivity index (χ3v) is 13.0. The van der Waals surface area contributed by atoms with Gasteiger partial charge in [-0.3, -0.25) is 14.4 Å². The lowest BCUT2D eigenvalue weighted by atomic mass is 10.0. The van der Waals surface area contributed by atoms with Crippen LogP contribution in [0.1, 0.15) is 303 Å². The molecule has 0 N–H and O–H groups in total. The van der Waals surface area contributed by atoms with Gasteiger partial charge in [-0.1, -0.05) is 281 Å². The van der Waals surface area contributed by atoms with Gasteiger partial charge < -0.3 is 14.2 Å². The van der Waals surface area contributed by atoms with Gasteiger partial charge in [0.1, 0.15) is 13.2 Å². The van der Waals surface area contributed by atoms with Crippen molar-refractivity contribution >= 4 is 17.9 Å². The number of rotatable bonds is 54. The molecule has 0 saturated carbocycles. The van der Waals surface area contributed by atoms with Gasteiger partial charge in [-0.25, -0.2) is 0 Å². The number of allylic oxidation sites excluding steroid dienone is 10. The van der Waals surface area contributed by atoms with E-state index < -0.39 is 6.10 Å². The molecule has 0 saturated heterocycles. The van der Waals surface area contributed by atoms with E-state index in [0.29, 0.717) is 19.3 Å². The molecule has 0 heterocycles. The topological polar surface area (TPSA) is 78.9 Å². The highest BCUT2D eigenvalue weighted by Crippen LogP contribution is 2.17. The second kappa shape index (κ2) is 57.7. The average molecular weight is 966 g/mol. The maximum Gasteiger partial charge on any atom is 0.306 e. The van der Waals surface area contributed by atoms with Gasteiger partial charge in [0.25, 0.3) is 0 Å². The summed E-state index contributed by atoms with van der Waals surface area (Å²) in [7, 11) is 0. The third-order valence-electron chi connectivity index (χ3n) is 13.0. The highest BCUT2D eigenvalue weighted by molar-refractivity contribution is 5.71. The molecule has 1 atom stereocenters. The smallest absolute Gasteiger partial charge is 0.306 e. The number of carbonyl (C=O) groups is 3. The van der Waals surface area contributed by atoms with E-state index in [2.05, 4.69) is 81.5 Å². The van der Waals surface area contributed by atoms with Crippen molar-refractivity contribution in [3.05, 3.63) is 60.8 Å². The van der Waals surface area contributed by atoms with Crippen molar-refractivity contribution in [1.29, 1.82) is 0 Å². The van der Waals surface area contributed by atoms with Crippen LogP contribution in [0.15, 0.2) is 60.8 Å². The highest BCUT2D eigenvalue weighted by atomic mass is 16.6. The molecule has 69 heavy (non-hydrogen) atoms. The fourth-order valence-electron chi connectivity index (χ4n) is 8.59. The molecule has 400 valence electrons. The third kappa shape index (κ3) is 55.9. The van der Waals surface area contributed by atoms with Gasteiger partial charge >= 0.3 is 17.9 Å². The first-order valence-electron chi connectivity index (χ1n) is 29.8. The molecule has 0 rings (SSSR count). The lowest BCUT2D eigenvalue weighted by molar-refractivity contribution is -0.167. The second-order valence-corrected chi connectivity index (χ2v) is 19.9. The first kappa shape index (κ1) is 66.1. The number of ether oxygens (including phenoxy) is 3. The van der Waals surface area contributed by atoms with E-state index in [1.807, 2.05) is 0 Å². The lowest BCUT2D eigenvalue weighted by Gasteiger charge is -2.18. The fourth-order valence-corrected chi connectivity index (χ4v) is 8.59. The van der Waals surface area contributed by atoms with Crippen LogP contribution in [0.5, 0.6) is 0 Å². The van der Waals surface area contributed by atoms with Gasteiger partial charge in [0.2, 0.25) is 0 Å². The summed E-state index contributed by atoms with van der Waals surface area (Å²) in [6.45, 7) is 6.54. The quantitative estimate of drug-likeness (QED) is 0.0262. The van der Waals surface area contributed by atoms with Crippen molar-refractivity contribution in [3.63, 3.8) is 0 Å². The minimum absolute atomic E-state index is 0.0764. The minimum Gasteiger partial charge on any atom is -0.462 e. The van der Waals surface area contributed by atoms with Gasteiger partial charge in [-0.2, -0.15) is 0 Å². The molecule has 6 nitrogen and oxygen atoms in total. The predicted octanol–water partition coefficient (Wildman–Crippen LogP) is 20.0. The normalized spacial score (nSPS) is 12.4. The van der Waals surface area contributed by atoms with E-state index in [4.69, 9.17) is 14.2 Å². The van der Waals surface area contributed by atoms with Crippen LogP contribution in [0.2, 0.25) is 0 Å². The monoisotopic (exact) mass is 965 g/mol.